The number of carbonyl (C=O) groups is 2. The van der Waals surface area contributed by atoms with Gasteiger partial charge in [0, 0.05) is 44.2 Å². The summed E-state index contributed by atoms with van der Waals surface area (Å²) in [7, 11) is 0. The van der Waals surface area contributed by atoms with Crippen LogP contribution in [0.25, 0.3) is 11.1 Å². The number of nitrogen functional groups attached to an aromatic ring is 1. The maximum absolute atomic E-state index is 12.3. The molecule has 3 heterocycles. The number of Topliss-reactive ketones (excluding diaryl/α,β-unsaturated/α-hetero) is 1. The summed E-state index contributed by atoms with van der Waals surface area (Å²) in [6.07, 6.45) is 5.26. The van der Waals surface area contributed by atoms with E-state index in [1.807, 2.05) is 12.1 Å². The Morgan fingerprint density at radius 1 is 1.10 bits per heavy atom. The third kappa shape index (κ3) is 2.97. The molecular formula is C22H23ClN4O2. The molecule has 0 bridgehead atoms. The fourth-order valence-corrected chi connectivity index (χ4v) is 5.25. The van der Waals surface area contributed by atoms with E-state index in [-0.39, 0.29) is 17.1 Å². The van der Waals surface area contributed by atoms with E-state index in [0.29, 0.717) is 23.7 Å². The Bertz CT molecular complexity index is 1030. The van der Waals surface area contributed by atoms with E-state index in [4.69, 9.17) is 17.3 Å². The predicted octanol–water partition coefficient (Wildman–Crippen LogP) is 2.76. The van der Waals surface area contributed by atoms with Crippen molar-refractivity contribution in [1.29, 1.82) is 0 Å². The molecule has 29 heavy (non-hydrogen) atoms. The van der Waals surface area contributed by atoms with Gasteiger partial charge in [0.1, 0.15) is 16.6 Å². The number of carbonyl (C=O) groups excluding carboxylic acids is 2. The van der Waals surface area contributed by atoms with Crippen molar-refractivity contribution in [2.75, 3.05) is 30.3 Å². The zero-order valence-corrected chi connectivity index (χ0v) is 16.9. The van der Waals surface area contributed by atoms with Gasteiger partial charge in [-0.25, -0.2) is 4.98 Å². The number of aromatic nitrogens is 1. The lowest BCUT2D eigenvalue weighted by molar-refractivity contribution is -0.128. The lowest BCUT2D eigenvalue weighted by Crippen LogP contribution is -2.44. The molecule has 2 aliphatic heterocycles. The first-order valence-electron chi connectivity index (χ1n) is 10.1. The number of nitrogens with zero attached hydrogens (tertiary/aromatic N) is 2. The zero-order valence-electron chi connectivity index (χ0n) is 16.1. The van der Waals surface area contributed by atoms with Crippen LogP contribution in [0.3, 0.4) is 0 Å². The van der Waals surface area contributed by atoms with Crippen molar-refractivity contribution in [3.8, 4) is 11.1 Å². The summed E-state index contributed by atoms with van der Waals surface area (Å²) in [5.74, 6) is 0.739. The van der Waals surface area contributed by atoms with E-state index in [1.165, 1.54) is 0 Å². The van der Waals surface area contributed by atoms with Crippen LogP contribution in [0.5, 0.6) is 0 Å². The Morgan fingerprint density at radius 3 is 2.59 bits per heavy atom. The lowest BCUT2D eigenvalue weighted by Gasteiger charge is -2.39. The molecule has 5 rings (SSSR count). The van der Waals surface area contributed by atoms with E-state index >= 15 is 0 Å². The molecule has 1 amide bonds. The average molecular weight is 411 g/mol. The molecule has 6 nitrogen and oxygen atoms in total. The highest BCUT2D eigenvalue weighted by molar-refractivity contribution is 6.36. The fourth-order valence-electron chi connectivity index (χ4n) is 4.98. The van der Waals surface area contributed by atoms with Crippen molar-refractivity contribution in [2.24, 2.45) is 5.41 Å². The van der Waals surface area contributed by atoms with Crippen LogP contribution in [0.4, 0.5) is 11.5 Å². The fraction of sp³-hybridized carbons (Fsp3) is 0.409. The number of halogens is 1. The van der Waals surface area contributed by atoms with Gasteiger partial charge in [-0.15, -0.1) is 0 Å². The number of fused-ring (bicyclic) bond motifs is 1. The SMILES string of the molecule is Nc1ncc(-c2ccc3c(c2)CC(=O)C3)c(N2CCC3(CCNC3=O)CC2)c1Cl. The molecule has 0 radical (unpaired) electrons. The van der Waals surface area contributed by atoms with Gasteiger partial charge in [0.25, 0.3) is 0 Å². The highest BCUT2D eigenvalue weighted by Gasteiger charge is 2.44. The van der Waals surface area contributed by atoms with Crippen LogP contribution in [-0.4, -0.2) is 36.3 Å². The van der Waals surface area contributed by atoms with Crippen molar-refractivity contribution in [1.82, 2.24) is 10.3 Å². The molecule has 2 aromatic rings. The average Bonchev–Trinajstić information content (AvgIpc) is 3.26. The second-order valence-electron chi connectivity index (χ2n) is 8.37. The highest BCUT2D eigenvalue weighted by Crippen LogP contribution is 2.45. The van der Waals surface area contributed by atoms with E-state index in [0.717, 1.165) is 66.8 Å². The van der Waals surface area contributed by atoms with Crippen LogP contribution < -0.4 is 16.0 Å². The van der Waals surface area contributed by atoms with Crippen LogP contribution in [0, 0.1) is 5.41 Å². The maximum atomic E-state index is 12.3. The molecule has 0 saturated carbocycles. The van der Waals surface area contributed by atoms with Crippen molar-refractivity contribution in [3.63, 3.8) is 0 Å². The topological polar surface area (TPSA) is 88.3 Å². The Balaban J connectivity index is 1.51. The standard InChI is InChI=1S/C22H23ClN4O2/c23-18-19(27-7-4-22(5-8-27)3-6-25-21(22)29)17(12-26-20(18)24)14-2-1-13-10-16(28)11-15(13)9-14/h1-2,9,12H,3-8,10-11H2,(H2,24,26)(H,25,29). The van der Waals surface area contributed by atoms with Crippen molar-refractivity contribution < 1.29 is 9.59 Å². The monoisotopic (exact) mass is 410 g/mol. The Kier molecular flexibility index (Phi) is 4.28. The number of amides is 1. The van der Waals surface area contributed by atoms with Gasteiger partial charge < -0.3 is 16.0 Å². The number of anilines is 2. The van der Waals surface area contributed by atoms with Gasteiger partial charge in [-0.3, -0.25) is 9.59 Å². The van der Waals surface area contributed by atoms with Crippen LogP contribution in [0.1, 0.15) is 30.4 Å². The molecule has 150 valence electrons. The van der Waals surface area contributed by atoms with Gasteiger partial charge in [0.05, 0.1) is 11.1 Å². The quantitative estimate of drug-likeness (QED) is 0.794. The van der Waals surface area contributed by atoms with Gasteiger partial charge in [0.2, 0.25) is 5.91 Å². The summed E-state index contributed by atoms with van der Waals surface area (Å²) >= 11 is 6.64. The van der Waals surface area contributed by atoms with E-state index < -0.39 is 0 Å². The van der Waals surface area contributed by atoms with Crippen LogP contribution in [0.2, 0.25) is 5.02 Å². The summed E-state index contributed by atoms with van der Waals surface area (Å²) in [4.78, 5) is 30.7. The van der Waals surface area contributed by atoms with Crippen molar-refractivity contribution in [2.45, 2.75) is 32.1 Å². The molecule has 1 aliphatic carbocycles. The smallest absolute Gasteiger partial charge is 0.226 e. The first-order valence-corrected chi connectivity index (χ1v) is 10.5. The molecule has 2 saturated heterocycles. The second kappa shape index (κ2) is 6.73. The Morgan fingerprint density at radius 2 is 1.86 bits per heavy atom. The van der Waals surface area contributed by atoms with Crippen LogP contribution in [-0.2, 0) is 22.4 Å². The first kappa shape index (κ1) is 18.4. The molecule has 1 spiro atoms. The first-order chi connectivity index (χ1) is 14.0. The summed E-state index contributed by atoms with van der Waals surface area (Å²) in [6, 6.07) is 6.13. The van der Waals surface area contributed by atoms with Gasteiger partial charge in [-0.05, 0) is 36.0 Å². The predicted molar refractivity (Wildman–Crippen MR) is 113 cm³/mol. The highest BCUT2D eigenvalue weighted by atomic mass is 35.5. The van der Waals surface area contributed by atoms with E-state index in [1.54, 1.807) is 6.20 Å². The molecule has 1 aromatic heterocycles. The molecule has 0 atom stereocenters. The van der Waals surface area contributed by atoms with Crippen LogP contribution in [0.15, 0.2) is 24.4 Å². The number of piperidine rings is 1. The molecule has 0 unspecified atom stereocenters. The molecule has 1 aromatic carbocycles. The Hall–Kier alpha value is -2.60. The number of hydrogen-bond donors (Lipinski definition) is 2. The summed E-state index contributed by atoms with van der Waals surface area (Å²) in [6.45, 7) is 2.25. The number of rotatable bonds is 2. The van der Waals surface area contributed by atoms with Crippen molar-refractivity contribution >= 4 is 34.8 Å². The second-order valence-corrected chi connectivity index (χ2v) is 8.75. The number of ketones is 1. The van der Waals surface area contributed by atoms with Crippen LogP contribution >= 0.6 is 11.6 Å². The molecular weight excluding hydrogens is 388 g/mol. The number of benzene rings is 1. The van der Waals surface area contributed by atoms with Gasteiger partial charge in [0.15, 0.2) is 0 Å². The minimum absolute atomic E-state index is 0.181. The Labute approximate surface area is 174 Å². The molecule has 2 fully saturated rings. The third-order valence-electron chi connectivity index (χ3n) is 6.72. The summed E-state index contributed by atoms with van der Waals surface area (Å²) in [5.41, 5.74) is 10.8. The minimum Gasteiger partial charge on any atom is -0.382 e. The van der Waals surface area contributed by atoms with E-state index in [9.17, 15) is 9.59 Å². The largest absolute Gasteiger partial charge is 0.382 e. The van der Waals surface area contributed by atoms with Gasteiger partial charge >= 0.3 is 0 Å². The summed E-state index contributed by atoms with van der Waals surface area (Å²) < 4.78 is 0. The molecule has 3 aliphatic rings. The van der Waals surface area contributed by atoms with Crippen molar-refractivity contribution in [3.05, 3.63) is 40.5 Å². The number of nitrogens with one attached hydrogen (secondary N) is 1. The zero-order chi connectivity index (χ0) is 20.2. The van der Waals surface area contributed by atoms with Gasteiger partial charge in [-0.1, -0.05) is 29.8 Å². The van der Waals surface area contributed by atoms with E-state index in [2.05, 4.69) is 21.3 Å². The molecule has 3 N–H and O–H groups in total. The maximum Gasteiger partial charge on any atom is 0.226 e. The number of nitrogens with two attached hydrogens (primary N) is 1. The number of hydrogen-bond acceptors (Lipinski definition) is 5. The number of pyridine rings is 1. The van der Waals surface area contributed by atoms with Gasteiger partial charge in [-0.2, -0.15) is 0 Å². The lowest BCUT2D eigenvalue weighted by atomic mass is 9.77. The normalized spacial score (nSPS) is 20.2. The summed E-state index contributed by atoms with van der Waals surface area (Å²) in [5, 5.41) is 3.43. The molecule has 7 heteroatoms. The minimum atomic E-state index is -0.240. The third-order valence-corrected chi connectivity index (χ3v) is 7.09.